The topological polar surface area (TPSA) is 34.5 Å². The van der Waals surface area contributed by atoms with E-state index < -0.39 is 0 Å². The predicted molar refractivity (Wildman–Crippen MR) is 123 cm³/mol. The molecule has 1 amide bonds. The molecular weight excluding hydrogens is 496 g/mol. The lowest BCUT2D eigenvalue weighted by Crippen LogP contribution is -2.38. The van der Waals surface area contributed by atoms with Gasteiger partial charge in [0.25, 0.3) is 5.91 Å². The Hall–Kier alpha value is -1.63. The number of para-hydroxylation sites is 1. The van der Waals surface area contributed by atoms with Crippen LogP contribution in [0, 0.1) is 6.92 Å². The molecule has 1 aliphatic rings. The highest BCUT2D eigenvalue weighted by molar-refractivity contribution is 9.11. The van der Waals surface area contributed by atoms with Crippen LogP contribution < -0.4 is 0 Å². The fraction of sp³-hybridized carbons (Fsp3) is 0.348. The summed E-state index contributed by atoms with van der Waals surface area (Å²) < 4.78 is 9.71. The number of hydrogen-bond donors (Lipinski definition) is 0. The molecule has 0 radical (unpaired) electrons. The average molecular weight is 520 g/mol. The number of amides is 1. The van der Waals surface area contributed by atoms with Gasteiger partial charge in [0.1, 0.15) is 5.69 Å². The van der Waals surface area contributed by atoms with E-state index in [0.717, 1.165) is 44.9 Å². The second-order valence-corrected chi connectivity index (χ2v) is 9.30. The highest BCUT2D eigenvalue weighted by Crippen LogP contribution is 2.32. The Morgan fingerprint density at radius 2 is 2.03 bits per heavy atom. The number of halogens is 2. The summed E-state index contributed by atoms with van der Waals surface area (Å²) in [6, 6.07) is 14.3. The quantitative estimate of drug-likeness (QED) is 0.424. The van der Waals surface area contributed by atoms with Gasteiger partial charge < -0.3 is 14.2 Å². The van der Waals surface area contributed by atoms with Crippen LogP contribution in [0.25, 0.3) is 10.9 Å². The molecule has 4 nitrogen and oxygen atoms in total. The number of aryl methyl sites for hydroxylation is 2. The van der Waals surface area contributed by atoms with Crippen molar-refractivity contribution in [3.8, 4) is 0 Å². The normalized spacial score (nSPS) is 16.5. The van der Waals surface area contributed by atoms with Gasteiger partial charge in [-0.15, -0.1) is 0 Å². The van der Waals surface area contributed by atoms with E-state index in [-0.39, 0.29) is 12.0 Å². The van der Waals surface area contributed by atoms with Gasteiger partial charge in [0, 0.05) is 42.1 Å². The molecule has 3 aromatic rings. The van der Waals surface area contributed by atoms with E-state index in [9.17, 15) is 4.79 Å². The SMILES string of the molecule is Cc1ccc(CN(CC2CCCO2)C(=O)c2c(Br)c3ccccc3n2C)c(Br)c1. The Labute approximate surface area is 188 Å². The van der Waals surface area contributed by atoms with Gasteiger partial charge in [-0.1, -0.05) is 46.3 Å². The van der Waals surface area contributed by atoms with Crippen molar-refractivity contribution >= 4 is 48.7 Å². The minimum Gasteiger partial charge on any atom is -0.376 e. The van der Waals surface area contributed by atoms with Gasteiger partial charge >= 0.3 is 0 Å². The number of carbonyl (C=O) groups excluding carboxylic acids is 1. The molecule has 0 spiro atoms. The molecule has 1 aliphatic heterocycles. The molecule has 1 aromatic heterocycles. The second-order valence-electron chi connectivity index (χ2n) is 7.65. The van der Waals surface area contributed by atoms with Crippen LogP contribution in [0.15, 0.2) is 51.4 Å². The summed E-state index contributed by atoms with van der Waals surface area (Å²) in [5.74, 6) is 0.0125. The Bertz CT molecular complexity index is 1020. The maximum Gasteiger partial charge on any atom is 0.272 e. The first-order valence-corrected chi connectivity index (χ1v) is 11.4. The van der Waals surface area contributed by atoms with Crippen LogP contribution in [-0.2, 0) is 18.3 Å². The Morgan fingerprint density at radius 1 is 1.24 bits per heavy atom. The molecule has 6 heteroatoms. The van der Waals surface area contributed by atoms with Crippen LogP contribution in [0.5, 0.6) is 0 Å². The average Bonchev–Trinajstić information content (AvgIpc) is 3.30. The van der Waals surface area contributed by atoms with Gasteiger partial charge in [0.15, 0.2) is 0 Å². The van der Waals surface area contributed by atoms with Crippen LogP contribution in [0.3, 0.4) is 0 Å². The van der Waals surface area contributed by atoms with Gasteiger partial charge in [-0.05, 0) is 59.0 Å². The van der Waals surface area contributed by atoms with E-state index in [1.165, 1.54) is 5.56 Å². The molecule has 29 heavy (non-hydrogen) atoms. The molecule has 2 aromatic carbocycles. The summed E-state index contributed by atoms with van der Waals surface area (Å²) in [5, 5.41) is 1.05. The van der Waals surface area contributed by atoms with Gasteiger partial charge in [-0.25, -0.2) is 0 Å². The smallest absolute Gasteiger partial charge is 0.272 e. The maximum absolute atomic E-state index is 13.7. The van der Waals surface area contributed by atoms with Crippen LogP contribution in [0.1, 0.15) is 34.5 Å². The minimum atomic E-state index is 0.0125. The van der Waals surface area contributed by atoms with Gasteiger partial charge in [0.2, 0.25) is 0 Å². The lowest BCUT2D eigenvalue weighted by atomic mass is 10.1. The highest BCUT2D eigenvalue weighted by Gasteiger charge is 2.28. The van der Waals surface area contributed by atoms with E-state index in [2.05, 4.69) is 57.0 Å². The first-order valence-electron chi connectivity index (χ1n) is 9.84. The van der Waals surface area contributed by atoms with Crippen molar-refractivity contribution in [3.63, 3.8) is 0 Å². The van der Waals surface area contributed by atoms with Crippen molar-refractivity contribution < 1.29 is 9.53 Å². The first kappa shape index (κ1) is 20.6. The summed E-state index contributed by atoms with van der Waals surface area (Å²) >= 11 is 7.35. The van der Waals surface area contributed by atoms with Crippen LogP contribution >= 0.6 is 31.9 Å². The summed E-state index contributed by atoms with van der Waals surface area (Å²) in [6.45, 7) is 3.97. The van der Waals surface area contributed by atoms with Crippen molar-refractivity contribution in [2.75, 3.05) is 13.2 Å². The third-order valence-electron chi connectivity index (χ3n) is 5.55. The molecule has 1 atom stereocenters. The largest absolute Gasteiger partial charge is 0.376 e. The van der Waals surface area contributed by atoms with Gasteiger partial charge in [0.05, 0.1) is 10.6 Å². The Morgan fingerprint density at radius 3 is 2.72 bits per heavy atom. The van der Waals surface area contributed by atoms with Crippen molar-refractivity contribution in [3.05, 3.63) is 68.2 Å². The number of carbonyl (C=O) groups is 1. The summed E-state index contributed by atoms with van der Waals surface area (Å²) in [4.78, 5) is 15.7. The van der Waals surface area contributed by atoms with Crippen LogP contribution in [-0.4, -0.2) is 34.6 Å². The van der Waals surface area contributed by atoms with E-state index >= 15 is 0 Å². The summed E-state index contributed by atoms with van der Waals surface area (Å²) in [5.41, 5.74) is 4.00. The van der Waals surface area contributed by atoms with Gasteiger partial charge in [-0.3, -0.25) is 4.79 Å². The zero-order chi connectivity index (χ0) is 20.5. The molecule has 0 bridgehead atoms. The van der Waals surface area contributed by atoms with Crippen molar-refractivity contribution in [1.29, 1.82) is 0 Å². The number of nitrogens with zero attached hydrogens (tertiary/aromatic N) is 2. The van der Waals surface area contributed by atoms with Gasteiger partial charge in [-0.2, -0.15) is 0 Å². The fourth-order valence-electron chi connectivity index (χ4n) is 3.97. The molecule has 0 saturated carbocycles. The van der Waals surface area contributed by atoms with Crippen molar-refractivity contribution in [1.82, 2.24) is 9.47 Å². The molecule has 1 unspecified atom stereocenters. The van der Waals surface area contributed by atoms with Crippen molar-refractivity contribution in [2.45, 2.75) is 32.4 Å². The van der Waals surface area contributed by atoms with E-state index in [1.54, 1.807) is 0 Å². The third-order valence-corrected chi connectivity index (χ3v) is 7.09. The van der Waals surface area contributed by atoms with E-state index in [4.69, 9.17) is 4.74 Å². The first-order chi connectivity index (χ1) is 14.0. The fourth-order valence-corrected chi connectivity index (χ4v) is 5.36. The standard InChI is InChI=1S/C23H24Br2N2O2/c1-15-9-10-16(19(24)12-15)13-27(14-17-6-5-11-29-17)23(28)22-21(25)18-7-3-4-8-20(18)26(22)2/h3-4,7-10,12,17H,5-6,11,13-14H2,1-2H3. The Kier molecular flexibility index (Phi) is 6.13. The number of aromatic nitrogens is 1. The number of ether oxygens (including phenoxy) is 1. The molecular formula is C23H24Br2N2O2. The van der Waals surface area contributed by atoms with E-state index in [0.29, 0.717) is 18.8 Å². The van der Waals surface area contributed by atoms with Crippen molar-refractivity contribution in [2.24, 2.45) is 7.05 Å². The summed E-state index contributed by atoms with van der Waals surface area (Å²) in [6.07, 6.45) is 2.14. The number of fused-ring (bicyclic) bond motifs is 1. The van der Waals surface area contributed by atoms with E-state index in [1.807, 2.05) is 40.8 Å². The lowest BCUT2D eigenvalue weighted by molar-refractivity contribution is 0.0499. The monoisotopic (exact) mass is 518 g/mol. The van der Waals surface area contributed by atoms with Crippen LogP contribution in [0.4, 0.5) is 0 Å². The molecule has 1 saturated heterocycles. The number of hydrogen-bond acceptors (Lipinski definition) is 2. The highest BCUT2D eigenvalue weighted by atomic mass is 79.9. The Balaban J connectivity index is 1.71. The molecule has 1 fully saturated rings. The zero-order valence-electron chi connectivity index (χ0n) is 16.6. The number of benzene rings is 2. The predicted octanol–water partition coefficient (Wildman–Crippen LogP) is 5.83. The second kappa shape index (κ2) is 8.62. The molecule has 0 N–H and O–H groups in total. The lowest BCUT2D eigenvalue weighted by Gasteiger charge is -2.26. The van der Waals surface area contributed by atoms with Crippen LogP contribution in [0.2, 0.25) is 0 Å². The molecule has 0 aliphatic carbocycles. The molecule has 152 valence electrons. The third kappa shape index (κ3) is 4.16. The molecule has 2 heterocycles. The minimum absolute atomic E-state index is 0.0125. The number of rotatable bonds is 5. The molecule has 4 rings (SSSR count). The zero-order valence-corrected chi connectivity index (χ0v) is 19.8. The maximum atomic E-state index is 13.7. The summed E-state index contributed by atoms with van der Waals surface area (Å²) in [7, 11) is 1.95.